The fourth-order valence-electron chi connectivity index (χ4n) is 4.92. The number of unbranched alkanes of at least 4 members (excludes halogenated alkanes) is 28. The molecule has 0 fully saturated rings. The molecule has 0 aromatic rings. The van der Waals surface area contributed by atoms with Gasteiger partial charge in [0.15, 0.2) is 0 Å². The van der Waals surface area contributed by atoms with Gasteiger partial charge in [-0.25, -0.2) is 0 Å². The summed E-state index contributed by atoms with van der Waals surface area (Å²) >= 11 is 0. The van der Waals surface area contributed by atoms with Crippen LogP contribution in [0.15, 0.2) is 0 Å². The second kappa shape index (κ2) is 33.2. The topological polar surface area (TPSA) is 0 Å². The molecule has 0 rings (SSSR count). The van der Waals surface area contributed by atoms with Crippen LogP contribution in [0.2, 0.25) is 0 Å². The van der Waals surface area contributed by atoms with Gasteiger partial charge in [0.25, 0.3) is 0 Å². The van der Waals surface area contributed by atoms with Gasteiger partial charge in [0.2, 0.25) is 0 Å². The molecular weight excluding hydrogens is 384 g/mol. The van der Waals surface area contributed by atoms with E-state index in [-0.39, 0.29) is 7.43 Å². The zero-order valence-corrected chi connectivity index (χ0v) is 22.5. The fraction of sp³-hybridized carbons (Fsp3) is 1.00. The van der Waals surface area contributed by atoms with Gasteiger partial charge in [-0.2, -0.15) is 0 Å². The van der Waals surface area contributed by atoms with Gasteiger partial charge in [0.1, 0.15) is 0 Å². The van der Waals surface area contributed by atoms with Gasteiger partial charge in [-0.05, 0) is 0 Å². The van der Waals surface area contributed by atoms with Crippen molar-refractivity contribution >= 4 is 0 Å². The molecule has 0 aromatic heterocycles. The summed E-state index contributed by atoms with van der Waals surface area (Å²) in [6.45, 7) is 4.61. The molecule has 0 heterocycles. The molecule has 0 aliphatic carbocycles. The van der Waals surface area contributed by atoms with E-state index in [1.807, 2.05) is 0 Å². The first-order chi connectivity index (χ1) is 15.4. The van der Waals surface area contributed by atoms with Crippen molar-refractivity contribution in [3.63, 3.8) is 0 Å². The van der Waals surface area contributed by atoms with Gasteiger partial charge in [-0.1, -0.05) is 207 Å². The Morgan fingerprint density at radius 3 is 0.375 bits per heavy atom. The Labute approximate surface area is 207 Å². The van der Waals surface area contributed by atoms with Gasteiger partial charge in [-0.15, -0.1) is 0 Å². The van der Waals surface area contributed by atoms with Crippen molar-refractivity contribution in [2.45, 2.75) is 207 Å². The minimum atomic E-state index is 0. The van der Waals surface area contributed by atoms with E-state index in [1.54, 1.807) is 0 Å². The maximum Gasteiger partial charge on any atom is -0.0533 e. The second-order valence-corrected chi connectivity index (χ2v) is 10.5. The van der Waals surface area contributed by atoms with E-state index < -0.39 is 0 Å². The van der Waals surface area contributed by atoms with Crippen molar-refractivity contribution in [2.75, 3.05) is 0 Å². The quantitative estimate of drug-likeness (QED) is 0.103. The predicted octanol–water partition coefficient (Wildman–Crippen LogP) is 13.0. The zero-order valence-electron chi connectivity index (χ0n) is 22.5. The van der Waals surface area contributed by atoms with Gasteiger partial charge < -0.3 is 0 Å². The van der Waals surface area contributed by atoms with Crippen LogP contribution in [0.4, 0.5) is 0 Å². The molecule has 0 radical (unpaired) electrons. The standard InChI is InChI=1S/C31H64.CH4/c1-3-5-7-9-11-13-15-17-19-21-23-25-27-29-31-30-28-26-24-22-20-18-16-14-12-10-8-6-4-2;/h3-31H2,1-2H3;1H4. The Morgan fingerprint density at radius 1 is 0.188 bits per heavy atom. The van der Waals surface area contributed by atoms with Crippen LogP contribution in [0.1, 0.15) is 207 Å². The summed E-state index contributed by atoms with van der Waals surface area (Å²) in [6.07, 6.45) is 42.9. The Balaban J connectivity index is 0. The third kappa shape index (κ3) is 32.2. The molecule has 0 N–H and O–H groups in total. The van der Waals surface area contributed by atoms with E-state index >= 15 is 0 Å². The van der Waals surface area contributed by atoms with E-state index in [4.69, 9.17) is 0 Å². The first-order valence-corrected chi connectivity index (χ1v) is 15.4. The predicted molar refractivity (Wildman–Crippen MR) is 152 cm³/mol. The normalized spacial score (nSPS) is 11.1. The molecule has 0 heteroatoms. The van der Waals surface area contributed by atoms with Crippen LogP contribution in [0.3, 0.4) is 0 Å². The van der Waals surface area contributed by atoms with E-state index in [0.29, 0.717) is 0 Å². The molecular formula is C32H68. The van der Waals surface area contributed by atoms with Crippen LogP contribution in [0, 0.1) is 0 Å². The highest BCUT2D eigenvalue weighted by Gasteiger charge is 1.96. The van der Waals surface area contributed by atoms with E-state index in [9.17, 15) is 0 Å². The minimum Gasteiger partial charge on any atom is -0.0776 e. The summed E-state index contributed by atoms with van der Waals surface area (Å²) in [4.78, 5) is 0. The Kier molecular flexibility index (Phi) is 35.4. The maximum atomic E-state index is 2.31. The van der Waals surface area contributed by atoms with E-state index in [0.717, 1.165) is 0 Å². The summed E-state index contributed by atoms with van der Waals surface area (Å²) in [7, 11) is 0. The fourth-order valence-corrected chi connectivity index (χ4v) is 4.92. The number of rotatable bonds is 28. The highest BCUT2D eigenvalue weighted by molar-refractivity contribution is 4.52. The third-order valence-corrected chi connectivity index (χ3v) is 7.21. The van der Waals surface area contributed by atoms with Crippen LogP contribution in [0.5, 0.6) is 0 Å². The molecule has 0 spiro atoms. The lowest BCUT2D eigenvalue weighted by Gasteiger charge is -2.04. The average Bonchev–Trinajstić information content (AvgIpc) is 2.78. The van der Waals surface area contributed by atoms with Crippen LogP contribution in [0.25, 0.3) is 0 Å². The molecule has 0 aromatic carbocycles. The lowest BCUT2D eigenvalue weighted by atomic mass is 10.0. The Hall–Kier alpha value is 0. The first-order valence-electron chi connectivity index (χ1n) is 15.4. The molecule has 0 aliphatic heterocycles. The zero-order chi connectivity index (χ0) is 22.5. The monoisotopic (exact) mass is 453 g/mol. The SMILES string of the molecule is C.CCCCCCCCCCCCCCCCCCCCCCCCCCCCCCC. The van der Waals surface area contributed by atoms with Crippen molar-refractivity contribution in [3.05, 3.63) is 0 Å². The third-order valence-electron chi connectivity index (χ3n) is 7.21. The Morgan fingerprint density at radius 2 is 0.281 bits per heavy atom. The summed E-state index contributed by atoms with van der Waals surface area (Å²) in [5.41, 5.74) is 0. The summed E-state index contributed by atoms with van der Waals surface area (Å²) in [6, 6.07) is 0. The van der Waals surface area contributed by atoms with Gasteiger partial charge >= 0.3 is 0 Å². The molecule has 0 nitrogen and oxygen atoms in total. The van der Waals surface area contributed by atoms with Crippen LogP contribution in [-0.2, 0) is 0 Å². The number of hydrogen-bond donors (Lipinski definition) is 0. The molecule has 196 valence electrons. The second-order valence-electron chi connectivity index (χ2n) is 10.5. The maximum absolute atomic E-state index is 2.31. The Bertz CT molecular complexity index is 254. The highest BCUT2D eigenvalue weighted by Crippen LogP contribution is 2.16. The van der Waals surface area contributed by atoms with E-state index in [2.05, 4.69) is 13.8 Å². The van der Waals surface area contributed by atoms with Crippen LogP contribution in [-0.4, -0.2) is 0 Å². The van der Waals surface area contributed by atoms with Crippen LogP contribution >= 0.6 is 0 Å². The average molecular weight is 453 g/mol. The van der Waals surface area contributed by atoms with Crippen LogP contribution < -0.4 is 0 Å². The van der Waals surface area contributed by atoms with Gasteiger partial charge in [-0.3, -0.25) is 0 Å². The lowest BCUT2D eigenvalue weighted by molar-refractivity contribution is 0.514. The summed E-state index contributed by atoms with van der Waals surface area (Å²) in [5.74, 6) is 0. The molecule has 0 bridgehead atoms. The first kappa shape index (κ1) is 34.2. The van der Waals surface area contributed by atoms with Crippen molar-refractivity contribution < 1.29 is 0 Å². The van der Waals surface area contributed by atoms with Crippen molar-refractivity contribution in [3.8, 4) is 0 Å². The summed E-state index contributed by atoms with van der Waals surface area (Å²) in [5, 5.41) is 0. The highest BCUT2D eigenvalue weighted by atomic mass is 14.0. The van der Waals surface area contributed by atoms with E-state index in [1.165, 1.54) is 186 Å². The molecule has 0 saturated carbocycles. The van der Waals surface area contributed by atoms with Crippen molar-refractivity contribution in [2.24, 2.45) is 0 Å². The smallest absolute Gasteiger partial charge is 0.0533 e. The van der Waals surface area contributed by atoms with Gasteiger partial charge in [0, 0.05) is 0 Å². The van der Waals surface area contributed by atoms with Crippen molar-refractivity contribution in [1.82, 2.24) is 0 Å². The summed E-state index contributed by atoms with van der Waals surface area (Å²) < 4.78 is 0. The molecule has 0 amide bonds. The molecule has 32 heavy (non-hydrogen) atoms. The molecule has 0 atom stereocenters. The molecule has 0 unspecified atom stereocenters. The largest absolute Gasteiger partial charge is 0.0776 e. The molecule has 0 aliphatic rings. The van der Waals surface area contributed by atoms with Gasteiger partial charge in [0.05, 0.1) is 0 Å². The van der Waals surface area contributed by atoms with Crippen molar-refractivity contribution in [1.29, 1.82) is 0 Å². The number of hydrogen-bond acceptors (Lipinski definition) is 0. The minimum absolute atomic E-state index is 0. The lowest BCUT2D eigenvalue weighted by Crippen LogP contribution is -1.85. The molecule has 0 saturated heterocycles.